The summed E-state index contributed by atoms with van der Waals surface area (Å²) in [5.41, 5.74) is 7.27. The molecule has 3 N–H and O–H groups in total. The van der Waals surface area contributed by atoms with Gasteiger partial charge in [-0.25, -0.2) is 4.98 Å². The van der Waals surface area contributed by atoms with Crippen LogP contribution in [0.5, 0.6) is 0 Å². The molecule has 0 aliphatic rings. The summed E-state index contributed by atoms with van der Waals surface area (Å²) in [5, 5.41) is 2.74. The van der Waals surface area contributed by atoms with E-state index in [0.29, 0.717) is 10.3 Å². The Morgan fingerprint density at radius 2 is 1.94 bits per heavy atom. The van der Waals surface area contributed by atoms with Crippen LogP contribution < -0.4 is 11.1 Å². The lowest BCUT2D eigenvalue weighted by Crippen LogP contribution is -2.27. The van der Waals surface area contributed by atoms with Gasteiger partial charge in [0, 0.05) is 6.20 Å². The highest BCUT2D eigenvalue weighted by molar-refractivity contribution is 9.10. The molecule has 1 atom stereocenters. The largest absolute Gasteiger partial charge is 0.322 e. The van der Waals surface area contributed by atoms with Crippen LogP contribution in [-0.2, 0) is 4.79 Å². The normalized spacial score (nSPS) is 11.9. The summed E-state index contributed by atoms with van der Waals surface area (Å²) in [7, 11) is 0. The molecule has 0 saturated heterocycles. The Labute approximate surface area is 113 Å². The third-order valence-corrected chi connectivity index (χ3v) is 3.09. The van der Waals surface area contributed by atoms with Gasteiger partial charge in [-0.05, 0) is 33.6 Å². The smallest absolute Gasteiger partial charge is 0.245 e. The summed E-state index contributed by atoms with van der Waals surface area (Å²) in [4.78, 5) is 16.0. The van der Waals surface area contributed by atoms with Gasteiger partial charge in [0.2, 0.25) is 5.91 Å². The van der Waals surface area contributed by atoms with Crippen molar-refractivity contribution in [2.45, 2.75) is 6.04 Å². The van der Waals surface area contributed by atoms with Gasteiger partial charge in [-0.15, -0.1) is 0 Å². The number of nitrogens with one attached hydrogen (secondary N) is 1. The van der Waals surface area contributed by atoms with Crippen molar-refractivity contribution in [1.29, 1.82) is 0 Å². The molecule has 1 amide bonds. The van der Waals surface area contributed by atoms with E-state index in [1.807, 2.05) is 30.3 Å². The van der Waals surface area contributed by atoms with Crippen LogP contribution in [0.2, 0.25) is 0 Å². The molecule has 1 heterocycles. The quantitative estimate of drug-likeness (QED) is 0.856. The van der Waals surface area contributed by atoms with E-state index in [2.05, 4.69) is 26.2 Å². The molecule has 0 unspecified atom stereocenters. The number of anilines is 1. The van der Waals surface area contributed by atoms with E-state index in [0.717, 1.165) is 5.56 Å². The number of carbonyl (C=O) groups excluding carboxylic acids is 1. The van der Waals surface area contributed by atoms with Crippen molar-refractivity contribution in [1.82, 2.24) is 4.98 Å². The highest BCUT2D eigenvalue weighted by atomic mass is 79.9. The van der Waals surface area contributed by atoms with Gasteiger partial charge >= 0.3 is 0 Å². The van der Waals surface area contributed by atoms with Gasteiger partial charge in [0.1, 0.15) is 10.6 Å². The van der Waals surface area contributed by atoms with Crippen LogP contribution in [-0.4, -0.2) is 10.9 Å². The van der Waals surface area contributed by atoms with Gasteiger partial charge in [0.25, 0.3) is 0 Å². The van der Waals surface area contributed by atoms with Crippen molar-refractivity contribution in [3.05, 3.63) is 58.8 Å². The Hall–Kier alpha value is -1.72. The molecule has 0 fully saturated rings. The SMILES string of the molecule is N[C@@H](C(=O)Nc1cccnc1Br)c1ccccc1. The molecular weight excluding hydrogens is 294 g/mol. The Kier molecular flexibility index (Phi) is 4.07. The van der Waals surface area contributed by atoms with Crippen LogP contribution in [0.3, 0.4) is 0 Å². The maximum atomic E-state index is 12.0. The fraction of sp³-hybridized carbons (Fsp3) is 0.0769. The molecule has 0 aliphatic carbocycles. The number of hydrogen-bond acceptors (Lipinski definition) is 3. The second kappa shape index (κ2) is 5.75. The first-order valence-electron chi connectivity index (χ1n) is 5.40. The van der Waals surface area contributed by atoms with E-state index in [9.17, 15) is 4.79 Å². The van der Waals surface area contributed by atoms with Gasteiger partial charge < -0.3 is 11.1 Å². The second-order valence-electron chi connectivity index (χ2n) is 3.72. The van der Waals surface area contributed by atoms with Crippen molar-refractivity contribution in [2.75, 3.05) is 5.32 Å². The Bertz CT molecular complexity index is 545. The molecule has 0 saturated carbocycles. The molecular formula is C13H12BrN3O. The molecule has 2 aromatic rings. The number of pyridine rings is 1. The molecule has 92 valence electrons. The Balaban J connectivity index is 2.12. The monoisotopic (exact) mass is 305 g/mol. The molecule has 5 heteroatoms. The van der Waals surface area contributed by atoms with E-state index < -0.39 is 6.04 Å². The number of rotatable bonds is 3. The first kappa shape index (κ1) is 12.7. The predicted octanol–water partition coefficient (Wildman–Crippen LogP) is 2.48. The van der Waals surface area contributed by atoms with Crippen LogP contribution in [0.4, 0.5) is 5.69 Å². The second-order valence-corrected chi connectivity index (χ2v) is 4.47. The van der Waals surface area contributed by atoms with Crippen molar-refractivity contribution in [2.24, 2.45) is 5.73 Å². The van der Waals surface area contributed by atoms with Gasteiger partial charge in [-0.1, -0.05) is 30.3 Å². The number of aromatic nitrogens is 1. The number of halogens is 1. The number of nitrogens with zero attached hydrogens (tertiary/aromatic N) is 1. The molecule has 0 bridgehead atoms. The number of benzene rings is 1. The third-order valence-electron chi connectivity index (χ3n) is 2.46. The zero-order valence-corrected chi connectivity index (χ0v) is 11.1. The van der Waals surface area contributed by atoms with Crippen LogP contribution in [0.1, 0.15) is 11.6 Å². The standard InChI is InChI=1S/C13H12BrN3O/c14-12-10(7-4-8-16-12)17-13(18)11(15)9-5-2-1-3-6-9/h1-8,11H,15H2,(H,17,18)/t11-/m1/s1. The molecule has 0 spiro atoms. The van der Waals surface area contributed by atoms with Crippen molar-refractivity contribution in [3.63, 3.8) is 0 Å². The van der Waals surface area contributed by atoms with Crippen LogP contribution in [0.25, 0.3) is 0 Å². The molecule has 2 rings (SSSR count). The van der Waals surface area contributed by atoms with Crippen molar-refractivity contribution in [3.8, 4) is 0 Å². The van der Waals surface area contributed by atoms with Crippen LogP contribution >= 0.6 is 15.9 Å². The first-order chi connectivity index (χ1) is 8.68. The summed E-state index contributed by atoms with van der Waals surface area (Å²) < 4.78 is 0.582. The van der Waals surface area contributed by atoms with E-state index in [1.54, 1.807) is 18.3 Å². The average Bonchev–Trinajstić information content (AvgIpc) is 2.41. The van der Waals surface area contributed by atoms with Gasteiger partial charge in [-0.2, -0.15) is 0 Å². The summed E-state index contributed by atoms with van der Waals surface area (Å²) in [5.74, 6) is -0.269. The molecule has 4 nitrogen and oxygen atoms in total. The third kappa shape index (κ3) is 2.94. The van der Waals surface area contributed by atoms with Gasteiger partial charge in [-0.3, -0.25) is 4.79 Å². The minimum absolute atomic E-state index is 0.269. The van der Waals surface area contributed by atoms with Crippen molar-refractivity contribution >= 4 is 27.5 Å². The Morgan fingerprint density at radius 1 is 1.22 bits per heavy atom. The lowest BCUT2D eigenvalue weighted by atomic mass is 10.1. The van der Waals surface area contributed by atoms with E-state index in [4.69, 9.17) is 5.73 Å². The minimum atomic E-state index is -0.696. The average molecular weight is 306 g/mol. The van der Waals surface area contributed by atoms with Crippen LogP contribution in [0, 0.1) is 0 Å². The molecule has 18 heavy (non-hydrogen) atoms. The lowest BCUT2D eigenvalue weighted by Gasteiger charge is -2.13. The lowest BCUT2D eigenvalue weighted by molar-refractivity contribution is -0.117. The first-order valence-corrected chi connectivity index (χ1v) is 6.19. The maximum Gasteiger partial charge on any atom is 0.245 e. The highest BCUT2D eigenvalue weighted by Gasteiger charge is 2.16. The topological polar surface area (TPSA) is 68.0 Å². The zero-order chi connectivity index (χ0) is 13.0. The van der Waals surface area contributed by atoms with E-state index >= 15 is 0 Å². The van der Waals surface area contributed by atoms with Gasteiger partial charge in [0.05, 0.1) is 5.69 Å². The fourth-order valence-corrected chi connectivity index (χ4v) is 1.85. The minimum Gasteiger partial charge on any atom is -0.322 e. The maximum absolute atomic E-state index is 12.0. The summed E-state index contributed by atoms with van der Waals surface area (Å²) in [6.07, 6.45) is 1.64. The molecule has 0 radical (unpaired) electrons. The molecule has 1 aromatic carbocycles. The highest BCUT2D eigenvalue weighted by Crippen LogP contribution is 2.20. The number of hydrogen-bond donors (Lipinski definition) is 2. The Morgan fingerprint density at radius 3 is 2.61 bits per heavy atom. The predicted molar refractivity (Wildman–Crippen MR) is 73.9 cm³/mol. The van der Waals surface area contributed by atoms with E-state index in [1.165, 1.54) is 0 Å². The number of amides is 1. The molecule has 1 aromatic heterocycles. The summed E-state index contributed by atoms with van der Waals surface area (Å²) >= 11 is 3.26. The number of nitrogens with two attached hydrogens (primary N) is 1. The van der Waals surface area contributed by atoms with Crippen LogP contribution in [0.15, 0.2) is 53.3 Å². The molecule has 0 aliphatic heterocycles. The van der Waals surface area contributed by atoms with Gasteiger partial charge in [0.15, 0.2) is 0 Å². The number of carbonyl (C=O) groups is 1. The summed E-state index contributed by atoms with van der Waals surface area (Å²) in [6, 6.07) is 12.0. The van der Waals surface area contributed by atoms with Crippen molar-refractivity contribution < 1.29 is 4.79 Å². The fourth-order valence-electron chi connectivity index (χ4n) is 1.50. The van der Waals surface area contributed by atoms with E-state index in [-0.39, 0.29) is 5.91 Å². The zero-order valence-electron chi connectivity index (χ0n) is 9.51. The summed E-state index contributed by atoms with van der Waals surface area (Å²) in [6.45, 7) is 0.